The van der Waals surface area contributed by atoms with Crippen LogP contribution in [0, 0.1) is 12.8 Å². The fourth-order valence-corrected chi connectivity index (χ4v) is 6.24. The number of amides is 1. The highest BCUT2D eigenvalue weighted by Crippen LogP contribution is 2.37. The van der Waals surface area contributed by atoms with E-state index < -0.39 is 0 Å². The van der Waals surface area contributed by atoms with Crippen molar-refractivity contribution in [2.45, 2.75) is 64.6 Å². The molecule has 36 heavy (non-hydrogen) atoms. The van der Waals surface area contributed by atoms with E-state index in [4.69, 9.17) is 44.0 Å². The molecule has 1 aliphatic heterocycles. The fraction of sp³-hybridized carbons (Fsp3) is 0.462. The van der Waals surface area contributed by atoms with Gasteiger partial charge in [-0.2, -0.15) is 5.10 Å². The lowest BCUT2D eigenvalue weighted by atomic mass is 9.83. The van der Waals surface area contributed by atoms with Crippen LogP contribution >= 0.6 is 35.6 Å². The van der Waals surface area contributed by atoms with E-state index in [9.17, 15) is 4.79 Å². The Hall–Kier alpha value is -2.19. The molecular formula is C26H31Cl3N6O. The van der Waals surface area contributed by atoms with Crippen LogP contribution in [0.5, 0.6) is 0 Å². The zero-order valence-corrected chi connectivity index (χ0v) is 22.9. The summed E-state index contributed by atoms with van der Waals surface area (Å²) in [5.74, 6) is 0.172. The van der Waals surface area contributed by atoms with Gasteiger partial charge in [0.2, 0.25) is 5.91 Å². The van der Waals surface area contributed by atoms with Crippen molar-refractivity contribution in [2.75, 3.05) is 6.54 Å². The van der Waals surface area contributed by atoms with Crippen molar-refractivity contribution in [3.8, 4) is 0 Å². The summed E-state index contributed by atoms with van der Waals surface area (Å²) >= 11 is 12.6. The van der Waals surface area contributed by atoms with Gasteiger partial charge in [0.1, 0.15) is 5.52 Å². The predicted octanol–water partition coefficient (Wildman–Crippen LogP) is 5.60. The average Bonchev–Trinajstić information content (AvgIpc) is 3.43. The molecule has 1 unspecified atom stereocenters. The van der Waals surface area contributed by atoms with E-state index in [2.05, 4.69) is 17.9 Å². The van der Waals surface area contributed by atoms with Crippen LogP contribution in [0.3, 0.4) is 0 Å². The standard InChI is InChI=1S/C26H30Cl2N6O.ClH/c1-14-11-17(6-9-22(14)33-10-4-5-23(33)25(29)35)21-13-30-24-15(2)32-34(26(24)31-21)16(3)19-8-7-18(27)12-20(19)28;/h6-8,12-14,16,22-23H,4-5,9-11H2,1-3H3,(H2,29,35);1H/t14-,16-,22?,23+;/m1./s1. The fourth-order valence-electron chi connectivity index (χ4n) is 5.67. The van der Waals surface area contributed by atoms with E-state index in [1.54, 1.807) is 6.07 Å². The SMILES string of the molecule is Cc1nn([C@H](C)c2ccc(Cl)cc2Cl)c2nc(C3=CCC(N4CCC[C@H]4C(N)=O)[C@H](C)C3)cnc12.Cl. The van der Waals surface area contributed by atoms with Crippen LogP contribution in [0.2, 0.25) is 10.0 Å². The van der Waals surface area contributed by atoms with Crippen LogP contribution in [0.25, 0.3) is 16.7 Å². The third-order valence-electron chi connectivity index (χ3n) is 7.53. The topological polar surface area (TPSA) is 89.9 Å². The molecule has 0 radical (unpaired) electrons. The Labute approximate surface area is 227 Å². The molecular weight excluding hydrogens is 519 g/mol. The molecule has 1 saturated heterocycles. The van der Waals surface area contributed by atoms with E-state index in [1.165, 1.54) is 5.57 Å². The van der Waals surface area contributed by atoms with Crippen LogP contribution in [0.15, 0.2) is 30.5 Å². The number of allylic oxidation sites excluding steroid dienone is 1. The van der Waals surface area contributed by atoms with Crippen LogP contribution < -0.4 is 5.73 Å². The molecule has 10 heteroatoms. The van der Waals surface area contributed by atoms with Gasteiger partial charge >= 0.3 is 0 Å². The first kappa shape index (κ1) is 26.9. The minimum atomic E-state index is -0.209. The molecule has 4 atom stereocenters. The molecule has 1 amide bonds. The van der Waals surface area contributed by atoms with Gasteiger partial charge in [0, 0.05) is 16.1 Å². The van der Waals surface area contributed by atoms with Gasteiger partial charge in [0.15, 0.2) is 5.65 Å². The molecule has 3 aromatic rings. The van der Waals surface area contributed by atoms with Crippen molar-refractivity contribution in [3.63, 3.8) is 0 Å². The van der Waals surface area contributed by atoms with Crippen LogP contribution in [0.1, 0.15) is 62.5 Å². The van der Waals surface area contributed by atoms with E-state index in [0.717, 1.165) is 60.3 Å². The summed E-state index contributed by atoms with van der Waals surface area (Å²) in [5.41, 5.74) is 11.0. The summed E-state index contributed by atoms with van der Waals surface area (Å²) in [7, 11) is 0. The van der Waals surface area contributed by atoms with Gasteiger partial charge in [0.05, 0.1) is 29.7 Å². The average molecular weight is 550 g/mol. The van der Waals surface area contributed by atoms with Crippen molar-refractivity contribution in [3.05, 3.63) is 57.5 Å². The second kappa shape index (κ2) is 10.7. The number of carbonyl (C=O) groups excluding carboxylic acids is 1. The van der Waals surface area contributed by atoms with Crippen LogP contribution in [-0.2, 0) is 4.79 Å². The maximum absolute atomic E-state index is 11.9. The highest BCUT2D eigenvalue weighted by atomic mass is 35.5. The van der Waals surface area contributed by atoms with Crippen molar-refractivity contribution < 1.29 is 4.79 Å². The summed E-state index contributed by atoms with van der Waals surface area (Å²) < 4.78 is 1.90. The third-order valence-corrected chi connectivity index (χ3v) is 8.10. The Bertz CT molecular complexity index is 1320. The summed E-state index contributed by atoms with van der Waals surface area (Å²) in [6.07, 6.45) is 7.73. The number of aromatic nitrogens is 4. The van der Waals surface area contributed by atoms with E-state index in [0.29, 0.717) is 22.0 Å². The predicted molar refractivity (Wildman–Crippen MR) is 147 cm³/mol. The highest BCUT2D eigenvalue weighted by molar-refractivity contribution is 6.35. The van der Waals surface area contributed by atoms with Gasteiger partial charge in [-0.25, -0.2) is 14.6 Å². The summed E-state index contributed by atoms with van der Waals surface area (Å²) in [5, 5.41) is 5.95. The molecule has 2 N–H and O–H groups in total. The lowest BCUT2D eigenvalue weighted by Gasteiger charge is -2.38. The Morgan fingerprint density at radius 3 is 2.75 bits per heavy atom. The highest BCUT2D eigenvalue weighted by Gasteiger charge is 2.37. The third kappa shape index (κ3) is 4.86. The number of halogens is 3. The molecule has 1 aromatic carbocycles. The van der Waals surface area contributed by atoms with Crippen LogP contribution in [-0.4, -0.2) is 49.2 Å². The first-order valence-corrected chi connectivity index (χ1v) is 12.9. The van der Waals surface area contributed by atoms with Crippen molar-refractivity contribution >= 4 is 58.3 Å². The first-order chi connectivity index (χ1) is 16.7. The minimum Gasteiger partial charge on any atom is -0.368 e. The number of rotatable bonds is 5. The molecule has 2 aliphatic rings. The number of carbonyl (C=O) groups is 1. The Kier molecular flexibility index (Phi) is 7.95. The van der Waals surface area contributed by atoms with E-state index in [1.807, 2.05) is 36.9 Å². The molecule has 192 valence electrons. The molecule has 0 bridgehead atoms. The van der Waals surface area contributed by atoms with E-state index >= 15 is 0 Å². The number of benzene rings is 1. The van der Waals surface area contributed by atoms with Crippen molar-refractivity contribution in [1.29, 1.82) is 0 Å². The van der Waals surface area contributed by atoms with Crippen molar-refractivity contribution in [2.24, 2.45) is 11.7 Å². The lowest BCUT2D eigenvalue weighted by Crippen LogP contribution is -2.48. The van der Waals surface area contributed by atoms with Crippen LogP contribution in [0.4, 0.5) is 0 Å². The normalized spacial score (nSPS) is 23.4. The quantitative estimate of drug-likeness (QED) is 0.447. The Balaban J connectivity index is 0.00000304. The second-order valence-corrected chi connectivity index (χ2v) is 10.7. The largest absolute Gasteiger partial charge is 0.368 e. The smallest absolute Gasteiger partial charge is 0.234 e. The number of hydrogen-bond acceptors (Lipinski definition) is 5. The number of fused-ring (bicyclic) bond motifs is 1. The summed E-state index contributed by atoms with van der Waals surface area (Å²) in [4.78, 5) is 24.0. The molecule has 7 nitrogen and oxygen atoms in total. The Morgan fingerprint density at radius 2 is 2.06 bits per heavy atom. The van der Waals surface area contributed by atoms with Gasteiger partial charge in [-0.1, -0.05) is 42.3 Å². The zero-order chi connectivity index (χ0) is 24.9. The summed E-state index contributed by atoms with van der Waals surface area (Å²) in [6.45, 7) is 7.17. The zero-order valence-electron chi connectivity index (χ0n) is 20.6. The monoisotopic (exact) mass is 548 g/mol. The number of likely N-dealkylation sites (tertiary alicyclic amines) is 1. The van der Waals surface area contributed by atoms with Gasteiger partial charge in [0.25, 0.3) is 0 Å². The molecule has 3 heterocycles. The number of hydrogen-bond donors (Lipinski definition) is 1. The molecule has 0 saturated carbocycles. The number of nitrogens with zero attached hydrogens (tertiary/aromatic N) is 5. The van der Waals surface area contributed by atoms with Gasteiger partial charge < -0.3 is 5.73 Å². The number of primary amides is 1. The second-order valence-electron chi connectivity index (χ2n) is 9.81. The van der Waals surface area contributed by atoms with Gasteiger partial charge in [-0.3, -0.25) is 9.69 Å². The molecule has 2 aromatic heterocycles. The molecule has 5 rings (SSSR count). The van der Waals surface area contributed by atoms with Gasteiger partial charge in [-0.05, 0) is 75.3 Å². The minimum absolute atomic E-state index is 0. The maximum Gasteiger partial charge on any atom is 0.234 e. The first-order valence-electron chi connectivity index (χ1n) is 12.2. The number of aryl methyl sites for hydroxylation is 1. The summed E-state index contributed by atoms with van der Waals surface area (Å²) in [6, 6.07) is 5.55. The van der Waals surface area contributed by atoms with E-state index in [-0.39, 0.29) is 30.4 Å². The number of nitrogens with two attached hydrogens (primary N) is 1. The molecule has 1 aliphatic carbocycles. The molecule has 0 spiro atoms. The van der Waals surface area contributed by atoms with Crippen molar-refractivity contribution in [1.82, 2.24) is 24.6 Å². The maximum atomic E-state index is 11.9. The lowest BCUT2D eigenvalue weighted by molar-refractivity contribution is -0.123. The van der Waals surface area contributed by atoms with Gasteiger partial charge in [-0.15, -0.1) is 12.4 Å². The molecule has 1 fully saturated rings. The Morgan fingerprint density at radius 1 is 1.28 bits per heavy atom.